The monoisotopic (exact) mass is 305 g/mol. The number of primary sulfonamides is 1. The molecule has 0 aliphatic heterocycles. The average Bonchev–Trinajstić information content (AvgIpc) is 2.47. The number of Topliss-reactive ketones (excluding diaryl/α,β-unsaturated/α-hetero) is 1. The normalized spacial score (nSPS) is 11.1. The van der Waals surface area contributed by atoms with E-state index in [0.717, 1.165) is 0 Å². The molecule has 0 fully saturated rings. The molecular formula is C15H15NO4S. The molecule has 2 N–H and O–H groups in total. The fourth-order valence-electron chi connectivity index (χ4n) is 1.90. The zero-order chi connectivity index (χ0) is 15.5. The van der Waals surface area contributed by atoms with Gasteiger partial charge in [-0.3, -0.25) is 4.79 Å². The van der Waals surface area contributed by atoms with Gasteiger partial charge in [0.25, 0.3) is 0 Å². The van der Waals surface area contributed by atoms with E-state index in [1.54, 1.807) is 43.5 Å². The van der Waals surface area contributed by atoms with Crippen molar-refractivity contribution in [2.45, 2.75) is 11.3 Å². The van der Waals surface area contributed by atoms with Crippen LogP contribution in [0.15, 0.2) is 53.4 Å². The van der Waals surface area contributed by atoms with Gasteiger partial charge in [-0.25, -0.2) is 13.6 Å². The van der Waals surface area contributed by atoms with E-state index in [1.165, 1.54) is 12.1 Å². The highest BCUT2D eigenvalue weighted by molar-refractivity contribution is 7.89. The molecule has 0 spiro atoms. The van der Waals surface area contributed by atoms with E-state index in [1.807, 2.05) is 0 Å². The largest absolute Gasteiger partial charge is 0.497 e. The summed E-state index contributed by atoms with van der Waals surface area (Å²) >= 11 is 0. The standard InChI is InChI=1S/C15H15NO4S/c1-20-13-7-5-12(6-8-13)15(17)10-11-3-2-4-14(9-11)21(16,18)19/h2-9H,10H2,1H3,(H2,16,18,19). The Balaban J connectivity index is 2.19. The topological polar surface area (TPSA) is 86.5 Å². The van der Waals surface area contributed by atoms with Crippen LogP contribution >= 0.6 is 0 Å². The maximum absolute atomic E-state index is 12.2. The van der Waals surface area contributed by atoms with E-state index in [4.69, 9.17) is 9.88 Å². The average molecular weight is 305 g/mol. The Morgan fingerprint density at radius 1 is 1.14 bits per heavy atom. The highest BCUT2D eigenvalue weighted by Crippen LogP contribution is 2.15. The quantitative estimate of drug-likeness (QED) is 0.853. The minimum atomic E-state index is -3.76. The molecule has 0 unspecified atom stereocenters. The van der Waals surface area contributed by atoms with E-state index in [9.17, 15) is 13.2 Å². The minimum absolute atomic E-state index is 0.00234. The van der Waals surface area contributed by atoms with Crippen LogP contribution in [-0.2, 0) is 16.4 Å². The molecule has 0 amide bonds. The van der Waals surface area contributed by atoms with Crippen LogP contribution in [0.4, 0.5) is 0 Å². The number of nitrogens with two attached hydrogens (primary N) is 1. The van der Waals surface area contributed by atoms with Crippen molar-refractivity contribution < 1.29 is 17.9 Å². The van der Waals surface area contributed by atoms with Crippen molar-refractivity contribution in [2.75, 3.05) is 7.11 Å². The predicted molar refractivity (Wildman–Crippen MR) is 78.8 cm³/mol. The van der Waals surface area contributed by atoms with Gasteiger partial charge < -0.3 is 4.74 Å². The van der Waals surface area contributed by atoms with Crippen LogP contribution < -0.4 is 9.88 Å². The maximum Gasteiger partial charge on any atom is 0.238 e. The Bertz CT molecular complexity index is 751. The zero-order valence-electron chi connectivity index (χ0n) is 11.4. The second-order valence-electron chi connectivity index (χ2n) is 4.52. The van der Waals surface area contributed by atoms with Gasteiger partial charge in [0.05, 0.1) is 12.0 Å². The highest BCUT2D eigenvalue weighted by Gasteiger charge is 2.11. The van der Waals surface area contributed by atoms with E-state index in [-0.39, 0.29) is 17.1 Å². The second kappa shape index (κ2) is 6.07. The molecule has 5 nitrogen and oxygen atoms in total. The van der Waals surface area contributed by atoms with Crippen LogP contribution in [0.2, 0.25) is 0 Å². The van der Waals surface area contributed by atoms with Crippen molar-refractivity contribution in [3.8, 4) is 5.75 Å². The number of carbonyl (C=O) groups is 1. The number of benzene rings is 2. The summed E-state index contributed by atoms with van der Waals surface area (Å²) in [5, 5.41) is 5.07. The van der Waals surface area contributed by atoms with E-state index < -0.39 is 10.0 Å². The Kier molecular flexibility index (Phi) is 4.40. The van der Waals surface area contributed by atoms with Crippen molar-refractivity contribution in [3.63, 3.8) is 0 Å². The molecule has 2 rings (SSSR count). The van der Waals surface area contributed by atoms with Crippen LogP contribution in [0.5, 0.6) is 5.75 Å². The first-order valence-corrected chi connectivity index (χ1v) is 7.74. The molecule has 0 radical (unpaired) electrons. The van der Waals surface area contributed by atoms with Gasteiger partial charge in [0, 0.05) is 12.0 Å². The first-order chi connectivity index (χ1) is 9.90. The van der Waals surface area contributed by atoms with Crippen molar-refractivity contribution in [1.82, 2.24) is 0 Å². The van der Waals surface area contributed by atoms with Gasteiger partial charge in [0.1, 0.15) is 5.75 Å². The molecule has 6 heteroatoms. The number of sulfonamides is 1. The lowest BCUT2D eigenvalue weighted by Gasteiger charge is -2.05. The Labute approximate surface area is 123 Å². The van der Waals surface area contributed by atoms with Crippen LogP contribution in [0.1, 0.15) is 15.9 Å². The molecule has 0 aromatic heterocycles. The summed E-state index contributed by atoms with van der Waals surface area (Å²) in [6, 6.07) is 12.8. The van der Waals surface area contributed by atoms with Gasteiger partial charge in [0.2, 0.25) is 10.0 Å². The third kappa shape index (κ3) is 3.90. The molecule has 0 atom stereocenters. The lowest BCUT2D eigenvalue weighted by atomic mass is 10.0. The smallest absolute Gasteiger partial charge is 0.238 e. The van der Waals surface area contributed by atoms with Gasteiger partial charge in [-0.15, -0.1) is 0 Å². The fourth-order valence-corrected chi connectivity index (χ4v) is 2.48. The molecule has 2 aromatic rings. The summed E-state index contributed by atoms with van der Waals surface area (Å²) in [4.78, 5) is 12.2. The second-order valence-corrected chi connectivity index (χ2v) is 6.08. The molecule has 110 valence electrons. The molecular weight excluding hydrogens is 290 g/mol. The summed E-state index contributed by atoms with van der Waals surface area (Å²) in [5.74, 6) is 0.562. The van der Waals surface area contributed by atoms with Crippen molar-refractivity contribution in [3.05, 3.63) is 59.7 Å². The fraction of sp³-hybridized carbons (Fsp3) is 0.133. The first-order valence-electron chi connectivity index (χ1n) is 6.19. The van der Waals surface area contributed by atoms with Crippen LogP contribution in [0.3, 0.4) is 0 Å². The molecule has 0 aliphatic carbocycles. The van der Waals surface area contributed by atoms with Crippen LogP contribution in [0.25, 0.3) is 0 Å². The molecule has 2 aromatic carbocycles. The summed E-state index contributed by atoms with van der Waals surface area (Å²) in [6.07, 6.45) is 0.107. The Hall–Kier alpha value is -2.18. The maximum atomic E-state index is 12.2. The molecule has 0 bridgehead atoms. The number of hydrogen-bond acceptors (Lipinski definition) is 4. The minimum Gasteiger partial charge on any atom is -0.497 e. The third-order valence-corrected chi connectivity index (χ3v) is 3.91. The zero-order valence-corrected chi connectivity index (χ0v) is 12.3. The number of methoxy groups -OCH3 is 1. The van der Waals surface area contributed by atoms with Gasteiger partial charge in [0.15, 0.2) is 5.78 Å². The van der Waals surface area contributed by atoms with Crippen molar-refractivity contribution in [2.24, 2.45) is 5.14 Å². The van der Waals surface area contributed by atoms with E-state index >= 15 is 0 Å². The number of ketones is 1. The summed E-state index contributed by atoms with van der Waals surface area (Å²) in [5.41, 5.74) is 1.14. The molecule has 21 heavy (non-hydrogen) atoms. The van der Waals surface area contributed by atoms with E-state index in [2.05, 4.69) is 0 Å². The molecule has 0 saturated carbocycles. The van der Waals surface area contributed by atoms with Gasteiger partial charge in [-0.05, 0) is 42.0 Å². The number of rotatable bonds is 5. The van der Waals surface area contributed by atoms with Gasteiger partial charge >= 0.3 is 0 Å². The number of carbonyl (C=O) groups excluding carboxylic acids is 1. The van der Waals surface area contributed by atoms with Crippen molar-refractivity contribution in [1.29, 1.82) is 0 Å². The lowest BCUT2D eigenvalue weighted by molar-refractivity contribution is 0.0993. The molecule has 0 saturated heterocycles. The molecule has 0 heterocycles. The highest BCUT2D eigenvalue weighted by atomic mass is 32.2. The van der Waals surface area contributed by atoms with Gasteiger partial charge in [-0.2, -0.15) is 0 Å². The lowest BCUT2D eigenvalue weighted by Crippen LogP contribution is -2.12. The summed E-state index contributed by atoms with van der Waals surface area (Å²) in [7, 11) is -2.21. The molecule has 0 aliphatic rings. The summed E-state index contributed by atoms with van der Waals surface area (Å²) < 4.78 is 27.6. The first kappa shape index (κ1) is 15.2. The Morgan fingerprint density at radius 3 is 2.38 bits per heavy atom. The van der Waals surface area contributed by atoms with Crippen LogP contribution in [-0.4, -0.2) is 21.3 Å². The van der Waals surface area contributed by atoms with E-state index in [0.29, 0.717) is 16.9 Å². The predicted octanol–water partition coefficient (Wildman–Crippen LogP) is 1.77. The third-order valence-electron chi connectivity index (χ3n) is 3.00. The Morgan fingerprint density at radius 2 is 1.81 bits per heavy atom. The van der Waals surface area contributed by atoms with Crippen LogP contribution in [0, 0.1) is 0 Å². The van der Waals surface area contributed by atoms with Gasteiger partial charge in [-0.1, -0.05) is 12.1 Å². The number of ether oxygens (including phenoxy) is 1. The SMILES string of the molecule is COc1ccc(C(=O)Cc2cccc(S(N)(=O)=O)c2)cc1. The number of hydrogen-bond donors (Lipinski definition) is 1. The van der Waals surface area contributed by atoms with Crippen molar-refractivity contribution >= 4 is 15.8 Å². The summed E-state index contributed by atoms with van der Waals surface area (Å²) in [6.45, 7) is 0.